The predicted octanol–water partition coefficient (Wildman–Crippen LogP) is 3.27. The van der Waals surface area contributed by atoms with Crippen molar-refractivity contribution < 1.29 is 17.9 Å². The summed E-state index contributed by atoms with van der Waals surface area (Å²) in [6.45, 7) is 5.62. The number of hydrogen-bond donors (Lipinski definition) is 0. The molecule has 32 heavy (non-hydrogen) atoms. The molecule has 2 fully saturated rings. The molecule has 1 aliphatic carbocycles. The van der Waals surface area contributed by atoms with E-state index in [4.69, 9.17) is 9.47 Å². The van der Waals surface area contributed by atoms with Crippen LogP contribution < -0.4 is 9.64 Å². The number of pyridine rings is 1. The Bertz CT molecular complexity index is 1010. The lowest BCUT2D eigenvalue weighted by Crippen LogP contribution is -2.40. The zero-order chi connectivity index (χ0) is 22.7. The molecular formula is C23H32N4O4S. The summed E-state index contributed by atoms with van der Waals surface area (Å²) >= 11 is 0. The molecule has 0 atom stereocenters. The van der Waals surface area contributed by atoms with Gasteiger partial charge in [0.05, 0.1) is 24.0 Å². The number of nitrogens with zero attached hydrogens (tertiary/aromatic N) is 4. The molecule has 0 amide bonds. The Morgan fingerprint density at radius 1 is 0.906 bits per heavy atom. The topological polar surface area (TPSA) is 94.5 Å². The van der Waals surface area contributed by atoms with Crippen molar-refractivity contribution in [3.63, 3.8) is 0 Å². The Morgan fingerprint density at radius 2 is 1.50 bits per heavy atom. The lowest BCUT2D eigenvalue weighted by atomic mass is 9.94. The Hall–Kier alpha value is -2.26. The van der Waals surface area contributed by atoms with Gasteiger partial charge in [-0.25, -0.2) is 23.4 Å². The molecule has 1 saturated heterocycles. The SMILES string of the molecule is Cc1cnc(N2CCC(O[C@H]3CC[C@H](Oc4ccc(S(C)(=O)=O)nc4C)CC3)CC2)nc1. The van der Waals surface area contributed by atoms with Gasteiger partial charge in [-0.15, -0.1) is 0 Å². The van der Waals surface area contributed by atoms with Crippen LogP contribution in [0.2, 0.25) is 0 Å². The Labute approximate surface area is 190 Å². The summed E-state index contributed by atoms with van der Waals surface area (Å²) in [5.41, 5.74) is 1.68. The minimum atomic E-state index is -3.31. The molecule has 0 aromatic carbocycles. The average molecular weight is 461 g/mol. The number of piperidine rings is 1. The summed E-state index contributed by atoms with van der Waals surface area (Å²) in [7, 11) is -3.31. The van der Waals surface area contributed by atoms with E-state index in [0.717, 1.165) is 69.4 Å². The van der Waals surface area contributed by atoms with Crippen LogP contribution in [0.5, 0.6) is 5.75 Å². The van der Waals surface area contributed by atoms with Crippen molar-refractivity contribution in [3.8, 4) is 5.75 Å². The van der Waals surface area contributed by atoms with E-state index in [1.54, 1.807) is 13.0 Å². The molecule has 8 nitrogen and oxygen atoms in total. The summed E-state index contributed by atoms with van der Waals surface area (Å²) in [6.07, 6.45) is 11.3. The molecule has 2 aliphatic rings. The van der Waals surface area contributed by atoms with Crippen LogP contribution in [0.3, 0.4) is 0 Å². The van der Waals surface area contributed by atoms with Gasteiger partial charge in [-0.2, -0.15) is 0 Å². The maximum Gasteiger partial charge on any atom is 0.225 e. The second-order valence-electron chi connectivity index (χ2n) is 8.90. The van der Waals surface area contributed by atoms with Crippen molar-refractivity contribution in [2.75, 3.05) is 24.2 Å². The molecule has 9 heteroatoms. The van der Waals surface area contributed by atoms with E-state index in [0.29, 0.717) is 11.4 Å². The lowest BCUT2D eigenvalue weighted by Gasteiger charge is -2.36. The predicted molar refractivity (Wildman–Crippen MR) is 122 cm³/mol. The van der Waals surface area contributed by atoms with Gasteiger partial charge in [0.2, 0.25) is 5.95 Å². The van der Waals surface area contributed by atoms with Gasteiger partial charge in [-0.05, 0) is 70.1 Å². The average Bonchev–Trinajstić information content (AvgIpc) is 2.77. The molecule has 174 valence electrons. The van der Waals surface area contributed by atoms with Crippen LogP contribution in [0.1, 0.15) is 49.8 Å². The summed E-state index contributed by atoms with van der Waals surface area (Å²) in [4.78, 5) is 15.3. The van der Waals surface area contributed by atoms with E-state index >= 15 is 0 Å². The van der Waals surface area contributed by atoms with Gasteiger partial charge in [0.15, 0.2) is 14.9 Å². The Kier molecular flexibility index (Phi) is 6.95. The highest BCUT2D eigenvalue weighted by Gasteiger charge is 2.28. The molecule has 4 rings (SSSR count). The van der Waals surface area contributed by atoms with Gasteiger partial charge in [-0.3, -0.25) is 0 Å². The summed E-state index contributed by atoms with van der Waals surface area (Å²) in [5, 5.41) is 0.0828. The van der Waals surface area contributed by atoms with Crippen LogP contribution >= 0.6 is 0 Å². The third-order valence-electron chi connectivity index (χ3n) is 6.18. The number of hydrogen-bond acceptors (Lipinski definition) is 8. The maximum absolute atomic E-state index is 11.7. The van der Waals surface area contributed by atoms with Gasteiger partial charge in [-0.1, -0.05) is 0 Å². The second-order valence-corrected chi connectivity index (χ2v) is 10.9. The van der Waals surface area contributed by atoms with E-state index in [9.17, 15) is 8.42 Å². The highest BCUT2D eigenvalue weighted by molar-refractivity contribution is 7.90. The molecule has 0 spiro atoms. The first-order valence-corrected chi connectivity index (χ1v) is 13.2. The van der Waals surface area contributed by atoms with E-state index in [1.165, 1.54) is 6.07 Å². The first kappa shape index (κ1) is 22.9. The first-order valence-electron chi connectivity index (χ1n) is 11.3. The maximum atomic E-state index is 11.7. The fourth-order valence-electron chi connectivity index (χ4n) is 4.34. The van der Waals surface area contributed by atoms with Gasteiger partial charge in [0.1, 0.15) is 5.75 Å². The number of rotatable bonds is 6. The lowest BCUT2D eigenvalue weighted by molar-refractivity contribution is -0.0529. The van der Waals surface area contributed by atoms with Crippen LogP contribution in [0.4, 0.5) is 5.95 Å². The molecule has 2 aromatic heterocycles. The number of sulfone groups is 1. The normalized spacial score (nSPS) is 22.7. The van der Waals surface area contributed by atoms with Crippen molar-refractivity contribution in [3.05, 3.63) is 35.8 Å². The van der Waals surface area contributed by atoms with Crippen LogP contribution in [0, 0.1) is 13.8 Å². The largest absolute Gasteiger partial charge is 0.489 e. The third-order valence-corrected chi connectivity index (χ3v) is 7.17. The molecule has 0 bridgehead atoms. The van der Waals surface area contributed by atoms with Crippen LogP contribution in [0.25, 0.3) is 0 Å². The molecule has 0 radical (unpaired) electrons. The molecular weight excluding hydrogens is 428 g/mol. The standard InChI is InChI=1S/C23H32N4O4S/c1-16-14-24-23(25-15-16)27-12-10-20(11-13-27)30-18-4-6-19(7-5-18)31-21-8-9-22(26-17(21)2)32(3,28)29/h8-9,14-15,18-20H,4-7,10-13H2,1-3H3/t18-,19-. The van der Waals surface area contributed by atoms with Crippen molar-refractivity contribution in [1.82, 2.24) is 15.0 Å². The fourth-order valence-corrected chi connectivity index (χ4v) is 4.95. The fraction of sp³-hybridized carbons (Fsp3) is 0.609. The minimum Gasteiger partial charge on any atom is -0.489 e. The monoisotopic (exact) mass is 460 g/mol. The van der Waals surface area contributed by atoms with Crippen molar-refractivity contribution >= 4 is 15.8 Å². The summed E-state index contributed by atoms with van der Waals surface area (Å²) in [6, 6.07) is 3.23. The minimum absolute atomic E-state index is 0.0828. The van der Waals surface area contributed by atoms with Crippen molar-refractivity contribution in [2.45, 2.75) is 75.7 Å². The molecule has 0 unspecified atom stereocenters. The first-order chi connectivity index (χ1) is 15.3. The van der Waals surface area contributed by atoms with E-state index in [-0.39, 0.29) is 23.3 Å². The summed E-state index contributed by atoms with van der Waals surface area (Å²) in [5.74, 6) is 1.47. The van der Waals surface area contributed by atoms with Crippen LogP contribution in [-0.2, 0) is 14.6 Å². The van der Waals surface area contributed by atoms with E-state index in [1.807, 2.05) is 19.3 Å². The van der Waals surface area contributed by atoms with Gasteiger partial charge in [0, 0.05) is 31.7 Å². The molecule has 1 aliphatic heterocycles. The third kappa shape index (κ3) is 5.75. The van der Waals surface area contributed by atoms with E-state index in [2.05, 4.69) is 19.9 Å². The second kappa shape index (κ2) is 9.70. The Morgan fingerprint density at radius 3 is 2.09 bits per heavy atom. The van der Waals surface area contributed by atoms with Gasteiger partial charge in [0.25, 0.3) is 0 Å². The number of ether oxygens (including phenoxy) is 2. The Balaban J connectivity index is 1.21. The van der Waals surface area contributed by atoms with Crippen molar-refractivity contribution in [1.29, 1.82) is 0 Å². The molecule has 3 heterocycles. The molecule has 1 saturated carbocycles. The zero-order valence-electron chi connectivity index (χ0n) is 19.0. The quantitative estimate of drug-likeness (QED) is 0.648. The van der Waals surface area contributed by atoms with Gasteiger partial charge >= 0.3 is 0 Å². The number of aromatic nitrogens is 3. The van der Waals surface area contributed by atoms with Crippen LogP contribution in [0.15, 0.2) is 29.6 Å². The van der Waals surface area contributed by atoms with Crippen LogP contribution in [-0.4, -0.2) is 61.0 Å². The number of aryl methyl sites for hydroxylation is 2. The zero-order valence-corrected chi connectivity index (χ0v) is 19.8. The number of anilines is 1. The van der Waals surface area contributed by atoms with E-state index < -0.39 is 9.84 Å². The highest BCUT2D eigenvalue weighted by Crippen LogP contribution is 2.29. The highest BCUT2D eigenvalue weighted by atomic mass is 32.2. The summed E-state index contributed by atoms with van der Waals surface area (Å²) < 4.78 is 35.9. The smallest absolute Gasteiger partial charge is 0.225 e. The van der Waals surface area contributed by atoms with Crippen molar-refractivity contribution in [2.24, 2.45) is 0 Å². The molecule has 0 N–H and O–H groups in total. The molecule has 2 aromatic rings. The van der Waals surface area contributed by atoms with Gasteiger partial charge < -0.3 is 14.4 Å².